The second-order valence-electron chi connectivity index (χ2n) is 9.52. The first-order chi connectivity index (χ1) is 18.9. The van der Waals surface area contributed by atoms with Crippen LogP contribution in [0.25, 0.3) is 10.6 Å². The van der Waals surface area contributed by atoms with Gasteiger partial charge in [-0.1, -0.05) is 29.4 Å². The zero-order valence-electron chi connectivity index (χ0n) is 20.8. The van der Waals surface area contributed by atoms with Crippen LogP contribution < -0.4 is 4.72 Å². The van der Waals surface area contributed by atoms with Crippen molar-refractivity contribution in [1.82, 2.24) is 14.8 Å². The van der Waals surface area contributed by atoms with Crippen LogP contribution in [0.4, 0.5) is 13.2 Å². The summed E-state index contributed by atoms with van der Waals surface area (Å²) in [6.45, 7) is 1.98. The zero-order valence-corrected chi connectivity index (χ0v) is 22.4. The highest BCUT2D eigenvalue weighted by Gasteiger charge is 2.63. The average molecular weight is 600 g/mol. The number of aliphatic carboxylic acids is 1. The molecule has 0 radical (unpaired) electrons. The van der Waals surface area contributed by atoms with Gasteiger partial charge in [0.2, 0.25) is 11.7 Å². The van der Waals surface area contributed by atoms with E-state index < -0.39 is 39.4 Å². The van der Waals surface area contributed by atoms with Crippen molar-refractivity contribution in [3.63, 3.8) is 0 Å². The number of amides is 1. The Hall–Kier alpha value is -3.27. The fourth-order valence-electron chi connectivity index (χ4n) is 4.76. The van der Waals surface area contributed by atoms with Crippen LogP contribution >= 0.6 is 11.3 Å². The number of carbonyl (C=O) groups is 2. The fraction of sp³-hybridized carbons (Fsp3) is 0.400. The molecule has 0 spiro atoms. The van der Waals surface area contributed by atoms with E-state index in [-0.39, 0.29) is 33.5 Å². The van der Waals surface area contributed by atoms with Crippen molar-refractivity contribution in [3.8, 4) is 10.6 Å². The van der Waals surface area contributed by atoms with Crippen LogP contribution in [0, 0.1) is 0 Å². The van der Waals surface area contributed by atoms with Gasteiger partial charge in [-0.3, -0.25) is 9.59 Å². The molecule has 1 amide bonds. The Morgan fingerprint density at radius 2 is 1.90 bits per heavy atom. The van der Waals surface area contributed by atoms with Gasteiger partial charge in [-0.25, -0.2) is 8.42 Å². The Balaban J connectivity index is 1.32. The number of halogens is 3. The molecule has 0 bridgehead atoms. The molecule has 40 heavy (non-hydrogen) atoms. The summed E-state index contributed by atoms with van der Waals surface area (Å²) in [4.78, 5) is 26.8. The minimum absolute atomic E-state index is 0.00749. The van der Waals surface area contributed by atoms with E-state index >= 15 is 0 Å². The number of hydrogen-bond donors (Lipinski definition) is 2. The number of rotatable bonds is 9. The first-order valence-electron chi connectivity index (χ1n) is 12.3. The molecule has 1 aromatic carbocycles. The smallest absolute Gasteiger partial charge is 0.452 e. The van der Waals surface area contributed by atoms with E-state index in [1.54, 1.807) is 29.2 Å². The van der Waals surface area contributed by atoms with Gasteiger partial charge in [-0.2, -0.15) is 17.9 Å². The summed E-state index contributed by atoms with van der Waals surface area (Å²) >= 11 is 0.638. The Bertz CT molecular complexity index is 1530. The van der Waals surface area contributed by atoms with Gasteiger partial charge in [0, 0.05) is 31.5 Å². The second-order valence-corrected chi connectivity index (χ2v) is 12.5. The number of aryl methyl sites for hydroxylation is 1. The fourth-order valence-corrected chi connectivity index (χ4v) is 7.43. The normalized spacial score (nSPS) is 21.4. The highest BCUT2D eigenvalue weighted by atomic mass is 32.2. The predicted octanol–water partition coefficient (Wildman–Crippen LogP) is 3.50. The van der Waals surface area contributed by atoms with Gasteiger partial charge in [0.05, 0.1) is 18.1 Å². The number of carboxylic acid groups (broad SMARTS) is 1. The third kappa shape index (κ3) is 5.64. The lowest BCUT2D eigenvalue weighted by Gasteiger charge is -2.27. The Morgan fingerprint density at radius 1 is 1.18 bits per heavy atom. The highest BCUT2D eigenvalue weighted by molar-refractivity contribution is 7.91. The molecule has 2 unspecified atom stereocenters. The minimum atomic E-state index is -4.75. The van der Waals surface area contributed by atoms with Gasteiger partial charge in [0.25, 0.3) is 10.0 Å². The molecule has 3 heterocycles. The summed E-state index contributed by atoms with van der Waals surface area (Å²) in [7, 11) is -4.37. The molecule has 3 aromatic rings. The van der Waals surface area contributed by atoms with E-state index in [0.717, 1.165) is 5.56 Å². The summed E-state index contributed by atoms with van der Waals surface area (Å²) in [6, 6.07) is 10.1. The van der Waals surface area contributed by atoms with Crippen molar-refractivity contribution in [2.24, 2.45) is 0 Å². The molecule has 10 nitrogen and oxygen atoms in total. The Morgan fingerprint density at radius 3 is 2.58 bits per heavy atom. The number of carboxylic acids is 1. The average Bonchev–Trinajstić information content (AvgIpc) is 3.27. The standard InChI is InChI=1S/C25H24F3N3O7S2/c26-25(27,28)20-13-18(29-38-20)19-6-8-22(39-19)40(35,36)30-24(23(33)34)14-17(24)16-4-2-1-3-15(16)5-7-21(32)31-9-11-37-12-10-31/h1-4,6,8,13,17,30H,5,7,9-12,14H2,(H,33,34). The molecule has 5 rings (SSSR count). The molecule has 1 saturated heterocycles. The molecule has 1 aliphatic heterocycles. The quantitative estimate of drug-likeness (QED) is 0.381. The molecule has 1 saturated carbocycles. The number of thiophene rings is 1. The van der Waals surface area contributed by atoms with Crippen molar-refractivity contribution in [3.05, 3.63) is 59.4 Å². The highest BCUT2D eigenvalue weighted by Crippen LogP contribution is 2.53. The third-order valence-electron chi connectivity index (χ3n) is 6.95. The van der Waals surface area contributed by atoms with E-state index in [1.807, 2.05) is 0 Å². The zero-order chi connectivity index (χ0) is 28.7. The van der Waals surface area contributed by atoms with Crippen LogP contribution in [0.3, 0.4) is 0 Å². The Labute approximate surface area is 230 Å². The monoisotopic (exact) mass is 599 g/mol. The SMILES string of the molecule is O=C(CCc1ccccc1C1CC1(NS(=O)(=O)c1ccc(-c2cc(C(F)(F)F)on2)s1)C(=O)O)N1CCOCC1. The largest absolute Gasteiger partial charge is 0.480 e. The van der Waals surface area contributed by atoms with E-state index in [4.69, 9.17) is 4.74 Å². The summed E-state index contributed by atoms with van der Waals surface area (Å²) in [5.41, 5.74) is -0.626. The first kappa shape index (κ1) is 28.3. The summed E-state index contributed by atoms with van der Waals surface area (Å²) in [6.07, 6.45) is -4.19. The topological polar surface area (TPSA) is 139 Å². The summed E-state index contributed by atoms with van der Waals surface area (Å²) in [5, 5.41) is 13.4. The number of aromatic nitrogens is 1. The molecule has 2 atom stereocenters. The number of carbonyl (C=O) groups excluding carboxylic acids is 1. The third-order valence-corrected chi connectivity index (χ3v) is 10.1. The molecular formula is C25H24F3N3O7S2. The molecule has 2 aliphatic rings. The maximum absolute atomic E-state index is 13.2. The van der Waals surface area contributed by atoms with Gasteiger partial charge >= 0.3 is 12.1 Å². The molecular weight excluding hydrogens is 575 g/mol. The number of hydrogen-bond acceptors (Lipinski definition) is 8. The lowest BCUT2D eigenvalue weighted by atomic mass is 9.97. The number of nitrogens with one attached hydrogen (secondary N) is 1. The van der Waals surface area contributed by atoms with Crippen molar-refractivity contribution in [2.45, 2.75) is 41.1 Å². The lowest BCUT2D eigenvalue weighted by molar-refractivity contribution is -0.155. The van der Waals surface area contributed by atoms with Crippen molar-refractivity contribution in [1.29, 1.82) is 0 Å². The maximum Gasteiger partial charge on any atom is 0.452 e. The van der Waals surface area contributed by atoms with Crippen LogP contribution in [0.1, 0.15) is 35.6 Å². The maximum atomic E-state index is 13.2. The van der Waals surface area contributed by atoms with Gasteiger partial charge in [0.1, 0.15) is 15.4 Å². The van der Waals surface area contributed by atoms with Crippen LogP contribution in [0.5, 0.6) is 0 Å². The number of benzene rings is 1. The molecule has 2 fully saturated rings. The van der Waals surface area contributed by atoms with Gasteiger partial charge in [-0.05, 0) is 36.1 Å². The Kier molecular flexibility index (Phi) is 7.50. The van der Waals surface area contributed by atoms with E-state index in [2.05, 4.69) is 14.4 Å². The van der Waals surface area contributed by atoms with E-state index in [1.165, 1.54) is 12.1 Å². The number of alkyl halides is 3. The molecule has 2 N–H and O–H groups in total. The number of nitrogens with zero attached hydrogens (tertiary/aromatic N) is 2. The molecule has 15 heteroatoms. The van der Waals surface area contributed by atoms with Crippen LogP contribution in [0.15, 0.2) is 51.2 Å². The molecule has 214 valence electrons. The van der Waals surface area contributed by atoms with E-state index in [9.17, 15) is 36.3 Å². The van der Waals surface area contributed by atoms with Gasteiger partial charge < -0.3 is 19.3 Å². The summed E-state index contributed by atoms with van der Waals surface area (Å²) < 4.78 is 76.5. The first-order valence-corrected chi connectivity index (χ1v) is 14.6. The van der Waals surface area contributed by atoms with E-state index in [0.29, 0.717) is 55.7 Å². The van der Waals surface area contributed by atoms with Crippen molar-refractivity contribution < 1.29 is 45.5 Å². The minimum Gasteiger partial charge on any atom is -0.480 e. The van der Waals surface area contributed by atoms with Crippen LogP contribution in [-0.2, 0) is 36.9 Å². The second kappa shape index (κ2) is 10.6. The lowest BCUT2D eigenvalue weighted by Crippen LogP contribution is -2.44. The van der Waals surface area contributed by atoms with Crippen LogP contribution in [-0.4, -0.2) is 67.3 Å². The van der Waals surface area contributed by atoms with Crippen molar-refractivity contribution >= 4 is 33.2 Å². The number of morpholine rings is 1. The van der Waals surface area contributed by atoms with Crippen molar-refractivity contribution in [2.75, 3.05) is 26.3 Å². The van der Waals surface area contributed by atoms with Gasteiger partial charge in [0.15, 0.2) is 0 Å². The van der Waals surface area contributed by atoms with Gasteiger partial charge in [-0.15, -0.1) is 11.3 Å². The number of sulfonamides is 1. The molecule has 2 aromatic heterocycles. The molecule has 1 aliphatic carbocycles. The predicted molar refractivity (Wildman–Crippen MR) is 135 cm³/mol. The summed E-state index contributed by atoms with van der Waals surface area (Å²) in [5.74, 6) is -3.40. The number of ether oxygens (including phenoxy) is 1. The van der Waals surface area contributed by atoms with Crippen LogP contribution in [0.2, 0.25) is 0 Å².